The quantitative estimate of drug-likeness (QED) is 0.446. The van der Waals surface area contributed by atoms with Gasteiger partial charge in [0.25, 0.3) is 0 Å². The van der Waals surface area contributed by atoms with Crippen LogP contribution in [-0.2, 0) is 4.74 Å². The fourth-order valence-corrected chi connectivity index (χ4v) is 3.72. The third kappa shape index (κ3) is 4.43. The lowest BCUT2D eigenvalue weighted by atomic mass is 10.1. The predicted molar refractivity (Wildman–Crippen MR) is 122 cm³/mol. The van der Waals surface area contributed by atoms with E-state index in [0.717, 1.165) is 66.0 Å². The monoisotopic (exact) mass is 424 g/mol. The normalized spacial score (nSPS) is 14.7. The van der Waals surface area contributed by atoms with Crippen molar-refractivity contribution in [3.8, 4) is 17.2 Å². The van der Waals surface area contributed by atoms with E-state index in [1.54, 1.807) is 0 Å². The van der Waals surface area contributed by atoms with Crippen LogP contribution >= 0.6 is 12.4 Å². The lowest BCUT2D eigenvalue weighted by molar-refractivity contribution is 0.0322. The van der Waals surface area contributed by atoms with Crippen molar-refractivity contribution in [1.82, 2.24) is 9.88 Å². The largest absolute Gasteiger partial charge is 0.492 e. The third-order valence-electron chi connectivity index (χ3n) is 5.38. The van der Waals surface area contributed by atoms with Gasteiger partial charge in [-0.1, -0.05) is 18.2 Å². The minimum Gasteiger partial charge on any atom is -0.492 e. The minimum absolute atomic E-state index is 0. The molecule has 1 fully saturated rings. The lowest BCUT2D eigenvalue weighted by Gasteiger charge is -2.26. The summed E-state index contributed by atoms with van der Waals surface area (Å²) in [6.07, 6.45) is 0. The smallest absolute Gasteiger partial charge is 0.227 e. The maximum absolute atomic E-state index is 5.97. The van der Waals surface area contributed by atoms with E-state index in [1.807, 2.05) is 18.2 Å². The Morgan fingerprint density at radius 1 is 0.967 bits per heavy atom. The maximum atomic E-state index is 5.97. The number of benzene rings is 3. The third-order valence-corrected chi connectivity index (χ3v) is 5.38. The van der Waals surface area contributed by atoms with Crippen LogP contribution in [0.5, 0.6) is 5.75 Å². The highest BCUT2D eigenvalue weighted by Crippen LogP contribution is 2.29. The molecular formula is C24H25ClN2O3. The second kappa shape index (κ2) is 9.04. The second-order valence-electron chi connectivity index (χ2n) is 7.52. The summed E-state index contributed by atoms with van der Waals surface area (Å²) in [6.45, 7) is 7.27. The van der Waals surface area contributed by atoms with Crippen LogP contribution in [0.1, 0.15) is 5.56 Å². The van der Waals surface area contributed by atoms with E-state index < -0.39 is 0 Å². The van der Waals surface area contributed by atoms with Gasteiger partial charge in [-0.05, 0) is 59.7 Å². The molecule has 1 aliphatic rings. The number of fused-ring (bicyclic) bond motifs is 2. The van der Waals surface area contributed by atoms with Gasteiger partial charge in [-0.15, -0.1) is 12.4 Å². The van der Waals surface area contributed by atoms with E-state index in [1.165, 1.54) is 5.56 Å². The van der Waals surface area contributed by atoms with E-state index in [0.29, 0.717) is 12.5 Å². The summed E-state index contributed by atoms with van der Waals surface area (Å²) in [5.74, 6) is 1.55. The maximum Gasteiger partial charge on any atom is 0.227 e. The Balaban J connectivity index is 0.00000218. The molecule has 1 aliphatic heterocycles. The van der Waals surface area contributed by atoms with Gasteiger partial charge in [0.2, 0.25) is 5.89 Å². The molecule has 0 N–H and O–H groups in total. The molecule has 0 bridgehead atoms. The summed E-state index contributed by atoms with van der Waals surface area (Å²) in [5, 5.41) is 2.28. The highest BCUT2D eigenvalue weighted by molar-refractivity contribution is 5.88. The van der Waals surface area contributed by atoms with Crippen LogP contribution in [-0.4, -0.2) is 49.3 Å². The van der Waals surface area contributed by atoms with Crippen molar-refractivity contribution in [2.24, 2.45) is 0 Å². The molecule has 156 valence electrons. The molecule has 0 aliphatic carbocycles. The van der Waals surface area contributed by atoms with Crippen molar-refractivity contribution in [1.29, 1.82) is 0 Å². The van der Waals surface area contributed by atoms with E-state index >= 15 is 0 Å². The molecule has 1 aromatic heterocycles. The Hall–Kier alpha value is -2.60. The molecule has 5 rings (SSSR count). The molecule has 0 spiro atoms. The molecule has 30 heavy (non-hydrogen) atoms. The van der Waals surface area contributed by atoms with E-state index in [-0.39, 0.29) is 12.4 Å². The van der Waals surface area contributed by atoms with Crippen LogP contribution in [0.2, 0.25) is 0 Å². The fraction of sp³-hybridized carbons (Fsp3) is 0.292. The van der Waals surface area contributed by atoms with Crippen molar-refractivity contribution < 1.29 is 13.9 Å². The second-order valence-corrected chi connectivity index (χ2v) is 7.52. The molecule has 0 atom stereocenters. The van der Waals surface area contributed by atoms with Gasteiger partial charge >= 0.3 is 0 Å². The van der Waals surface area contributed by atoms with Crippen molar-refractivity contribution in [3.63, 3.8) is 0 Å². The van der Waals surface area contributed by atoms with Crippen LogP contribution in [0.3, 0.4) is 0 Å². The average molecular weight is 425 g/mol. The highest BCUT2D eigenvalue weighted by atomic mass is 35.5. The zero-order valence-corrected chi connectivity index (χ0v) is 17.8. The summed E-state index contributed by atoms with van der Waals surface area (Å²) in [5.41, 5.74) is 3.85. The van der Waals surface area contributed by atoms with Crippen LogP contribution < -0.4 is 4.74 Å². The summed E-state index contributed by atoms with van der Waals surface area (Å²) in [4.78, 5) is 7.00. The highest BCUT2D eigenvalue weighted by Gasteiger charge is 2.11. The molecular weight excluding hydrogens is 400 g/mol. The zero-order chi connectivity index (χ0) is 19.6. The molecule has 0 saturated carbocycles. The molecule has 1 saturated heterocycles. The van der Waals surface area contributed by atoms with Crippen molar-refractivity contribution in [2.75, 3.05) is 39.5 Å². The summed E-state index contributed by atoms with van der Waals surface area (Å²) in [6, 6.07) is 18.5. The number of aryl methyl sites for hydroxylation is 1. The topological polar surface area (TPSA) is 47.7 Å². The first kappa shape index (κ1) is 20.7. The number of halogens is 1. The van der Waals surface area contributed by atoms with Gasteiger partial charge in [0.05, 0.1) is 13.2 Å². The number of oxazole rings is 1. The molecule has 6 heteroatoms. The average Bonchev–Trinajstić information content (AvgIpc) is 3.17. The van der Waals surface area contributed by atoms with Crippen molar-refractivity contribution >= 4 is 34.3 Å². The first-order valence-corrected chi connectivity index (χ1v) is 10.1. The Labute approximate surface area is 182 Å². The number of ether oxygens (including phenoxy) is 2. The Kier molecular flexibility index (Phi) is 6.23. The van der Waals surface area contributed by atoms with Crippen LogP contribution in [0, 0.1) is 6.92 Å². The first-order chi connectivity index (χ1) is 14.2. The number of aromatic nitrogens is 1. The Morgan fingerprint density at radius 2 is 1.77 bits per heavy atom. The first-order valence-electron chi connectivity index (χ1n) is 10.1. The summed E-state index contributed by atoms with van der Waals surface area (Å²) < 4.78 is 17.3. The Morgan fingerprint density at radius 3 is 2.63 bits per heavy atom. The van der Waals surface area contributed by atoms with Gasteiger partial charge in [0.15, 0.2) is 5.58 Å². The van der Waals surface area contributed by atoms with Crippen LogP contribution in [0.4, 0.5) is 0 Å². The van der Waals surface area contributed by atoms with E-state index in [9.17, 15) is 0 Å². The molecule has 0 amide bonds. The number of nitrogens with zero attached hydrogens (tertiary/aromatic N) is 2. The molecule has 0 radical (unpaired) electrons. The molecule has 5 nitrogen and oxygen atoms in total. The van der Waals surface area contributed by atoms with Crippen LogP contribution in [0.15, 0.2) is 59.0 Å². The Bertz CT molecular complexity index is 1150. The van der Waals surface area contributed by atoms with Gasteiger partial charge in [-0.2, -0.15) is 0 Å². The van der Waals surface area contributed by atoms with Gasteiger partial charge in [0, 0.05) is 25.2 Å². The standard InChI is InChI=1S/C24H24N2O3.ClH/c1-17-2-7-22-23(14-17)29-24(25-22)20-4-3-19-16-21(6-5-18(19)15-20)28-13-10-26-8-11-27-12-9-26;/h2-7,14-16H,8-13H2,1H3;1H. The van der Waals surface area contributed by atoms with E-state index in [4.69, 9.17) is 13.9 Å². The summed E-state index contributed by atoms with van der Waals surface area (Å²) in [7, 11) is 0. The predicted octanol–water partition coefficient (Wildman–Crippen LogP) is 5.09. The van der Waals surface area contributed by atoms with Gasteiger partial charge in [-0.3, -0.25) is 4.90 Å². The van der Waals surface area contributed by atoms with Crippen LogP contribution in [0.25, 0.3) is 33.3 Å². The summed E-state index contributed by atoms with van der Waals surface area (Å²) >= 11 is 0. The van der Waals surface area contributed by atoms with E-state index in [2.05, 4.69) is 53.2 Å². The number of hydrogen-bond donors (Lipinski definition) is 0. The molecule has 4 aromatic rings. The van der Waals surface area contributed by atoms with Crippen molar-refractivity contribution in [3.05, 3.63) is 60.2 Å². The zero-order valence-electron chi connectivity index (χ0n) is 17.0. The van der Waals surface area contributed by atoms with Gasteiger partial charge in [-0.25, -0.2) is 4.98 Å². The lowest BCUT2D eigenvalue weighted by Crippen LogP contribution is -2.38. The molecule has 0 unspecified atom stereocenters. The molecule has 2 heterocycles. The van der Waals surface area contributed by atoms with Gasteiger partial charge < -0.3 is 13.9 Å². The SMILES string of the molecule is Cc1ccc2nc(-c3ccc4cc(OCCN5CCOCC5)ccc4c3)oc2c1.Cl. The number of morpholine rings is 1. The molecule has 3 aromatic carbocycles. The van der Waals surface area contributed by atoms with Crippen molar-refractivity contribution in [2.45, 2.75) is 6.92 Å². The number of hydrogen-bond acceptors (Lipinski definition) is 5. The fourth-order valence-electron chi connectivity index (χ4n) is 3.72. The minimum atomic E-state index is 0. The number of rotatable bonds is 5. The van der Waals surface area contributed by atoms with Gasteiger partial charge in [0.1, 0.15) is 17.9 Å².